The van der Waals surface area contributed by atoms with Crippen LogP contribution in [0.3, 0.4) is 0 Å². The van der Waals surface area contributed by atoms with E-state index in [9.17, 15) is 10.1 Å². The van der Waals surface area contributed by atoms with E-state index in [4.69, 9.17) is 13.6 Å². The lowest BCUT2D eigenvalue weighted by Gasteiger charge is -2.37. The second-order valence-electron chi connectivity index (χ2n) is 8.92. The van der Waals surface area contributed by atoms with Crippen LogP contribution in [0.1, 0.15) is 31.4 Å². The summed E-state index contributed by atoms with van der Waals surface area (Å²) in [7, 11) is 0. The third kappa shape index (κ3) is 4.79. The Balaban J connectivity index is 1.11. The Kier molecular flexibility index (Phi) is 6.52. The molecule has 8 heteroatoms. The molecule has 1 amide bonds. The van der Waals surface area contributed by atoms with E-state index in [1.165, 1.54) is 0 Å². The molecule has 0 radical (unpaired) electrons. The molecular formula is C26H28N4O4. The van der Waals surface area contributed by atoms with Crippen LogP contribution in [0.4, 0.5) is 5.88 Å². The van der Waals surface area contributed by atoms with Crippen molar-refractivity contribution >= 4 is 11.8 Å². The molecule has 2 aliphatic rings. The topological polar surface area (TPSA) is 95.7 Å². The first-order valence-electron chi connectivity index (χ1n) is 11.9. The quantitative estimate of drug-likeness (QED) is 0.540. The van der Waals surface area contributed by atoms with Crippen molar-refractivity contribution in [1.82, 2.24) is 9.88 Å². The number of amides is 1. The molecule has 8 nitrogen and oxygen atoms in total. The first-order chi connectivity index (χ1) is 16.7. The number of para-hydroxylation sites is 1. The van der Waals surface area contributed by atoms with Gasteiger partial charge in [-0.1, -0.05) is 18.2 Å². The molecule has 0 saturated carbocycles. The molecule has 0 bridgehead atoms. The first-order valence-corrected chi connectivity index (χ1v) is 11.9. The van der Waals surface area contributed by atoms with Crippen LogP contribution in [-0.2, 0) is 4.79 Å². The number of carbonyl (C=O) groups is 1. The number of nitriles is 1. The van der Waals surface area contributed by atoms with Gasteiger partial charge >= 0.3 is 0 Å². The van der Waals surface area contributed by atoms with Crippen LogP contribution < -0.4 is 9.64 Å². The minimum atomic E-state index is 0.00590. The number of piperidine rings is 2. The lowest BCUT2D eigenvalue weighted by atomic mass is 9.92. The van der Waals surface area contributed by atoms with E-state index < -0.39 is 0 Å². The summed E-state index contributed by atoms with van der Waals surface area (Å²) in [6, 6.07) is 15.5. The monoisotopic (exact) mass is 460 g/mol. The molecule has 0 unspecified atom stereocenters. The van der Waals surface area contributed by atoms with Gasteiger partial charge in [-0.2, -0.15) is 10.2 Å². The smallest absolute Gasteiger partial charge is 0.266 e. The molecule has 2 aliphatic heterocycles. The number of rotatable bonds is 6. The number of benzene rings is 1. The van der Waals surface area contributed by atoms with Crippen LogP contribution >= 0.6 is 0 Å². The van der Waals surface area contributed by atoms with Gasteiger partial charge in [0.1, 0.15) is 11.8 Å². The van der Waals surface area contributed by atoms with Gasteiger partial charge in [0.2, 0.25) is 17.5 Å². The molecule has 5 rings (SSSR count). The second-order valence-corrected chi connectivity index (χ2v) is 8.92. The number of oxazole rings is 1. The minimum absolute atomic E-state index is 0.00590. The number of anilines is 1. The molecule has 2 aromatic heterocycles. The van der Waals surface area contributed by atoms with Gasteiger partial charge in [0, 0.05) is 32.1 Å². The minimum Gasteiger partial charge on any atom is -0.493 e. The van der Waals surface area contributed by atoms with E-state index in [2.05, 4.69) is 11.1 Å². The Labute approximate surface area is 198 Å². The Morgan fingerprint density at radius 3 is 2.50 bits per heavy atom. The van der Waals surface area contributed by atoms with E-state index in [0.29, 0.717) is 43.1 Å². The number of aromatic nitrogens is 1. The summed E-state index contributed by atoms with van der Waals surface area (Å²) in [6.07, 6.45) is 4.95. The van der Waals surface area contributed by atoms with Crippen molar-refractivity contribution in [2.75, 3.05) is 37.7 Å². The summed E-state index contributed by atoms with van der Waals surface area (Å²) in [5, 5.41) is 9.50. The summed E-state index contributed by atoms with van der Waals surface area (Å²) in [5.74, 6) is 2.88. The van der Waals surface area contributed by atoms with Gasteiger partial charge in [-0.25, -0.2) is 0 Å². The zero-order valence-corrected chi connectivity index (χ0v) is 19.1. The maximum Gasteiger partial charge on any atom is 0.266 e. The van der Waals surface area contributed by atoms with Crippen LogP contribution in [0.25, 0.3) is 11.7 Å². The summed E-state index contributed by atoms with van der Waals surface area (Å²) in [5.41, 5.74) is 0.246. The molecule has 1 aromatic carbocycles. The van der Waals surface area contributed by atoms with Gasteiger partial charge in [-0.15, -0.1) is 0 Å². The van der Waals surface area contributed by atoms with Crippen molar-refractivity contribution in [2.24, 2.45) is 11.8 Å². The molecule has 0 N–H and O–H groups in total. The highest BCUT2D eigenvalue weighted by atomic mass is 16.5. The number of hydrogen-bond acceptors (Lipinski definition) is 7. The third-order valence-corrected chi connectivity index (χ3v) is 6.73. The lowest BCUT2D eigenvalue weighted by Crippen LogP contribution is -2.46. The van der Waals surface area contributed by atoms with Crippen molar-refractivity contribution in [3.63, 3.8) is 0 Å². The van der Waals surface area contributed by atoms with E-state index in [1.807, 2.05) is 40.1 Å². The van der Waals surface area contributed by atoms with Gasteiger partial charge in [-0.3, -0.25) is 4.79 Å². The van der Waals surface area contributed by atoms with Crippen molar-refractivity contribution in [1.29, 1.82) is 5.26 Å². The zero-order chi connectivity index (χ0) is 23.3. The summed E-state index contributed by atoms with van der Waals surface area (Å²) in [4.78, 5) is 21.4. The van der Waals surface area contributed by atoms with Crippen molar-refractivity contribution in [2.45, 2.75) is 25.7 Å². The Bertz CT molecular complexity index is 1120. The van der Waals surface area contributed by atoms with Crippen LogP contribution in [0, 0.1) is 23.2 Å². The number of ether oxygens (including phenoxy) is 1. The largest absolute Gasteiger partial charge is 0.493 e. The summed E-state index contributed by atoms with van der Waals surface area (Å²) >= 11 is 0. The lowest BCUT2D eigenvalue weighted by molar-refractivity contribution is -0.137. The summed E-state index contributed by atoms with van der Waals surface area (Å²) in [6.45, 7) is 3.57. The number of hydrogen-bond donors (Lipinski definition) is 0. The van der Waals surface area contributed by atoms with Crippen LogP contribution in [0.5, 0.6) is 5.75 Å². The Morgan fingerprint density at radius 1 is 1.06 bits per heavy atom. The predicted octanol–water partition coefficient (Wildman–Crippen LogP) is 4.34. The molecule has 176 valence electrons. The van der Waals surface area contributed by atoms with Gasteiger partial charge in [0.15, 0.2) is 5.76 Å². The summed E-state index contributed by atoms with van der Waals surface area (Å²) < 4.78 is 17.1. The number of furan rings is 1. The number of nitrogens with zero attached hydrogens (tertiary/aromatic N) is 4. The van der Waals surface area contributed by atoms with E-state index in [0.717, 1.165) is 44.5 Å². The molecule has 4 heterocycles. The second kappa shape index (κ2) is 10.0. The van der Waals surface area contributed by atoms with Crippen LogP contribution in [-0.4, -0.2) is 48.6 Å². The average molecular weight is 461 g/mol. The normalized spacial score (nSPS) is 17.5. The van der Waals surface area contributed by atoms with Gasteiger partial charge in [0.25, 0.3) is 5.89 Å². The van der Waals surface area contributed by atoms with Crippen molar-refractivity contribution in [3.05, 3.63) is 54.4 Å². The fourth-order valence-corrected chi connectivity index (χ4v) is 4.74. The van der Waals surface area contributed by atoms with Crippen LogP contribution in [0.2, 0.25) is 0 Å². The first kappa shape index (κ1) is 22.1. The predicted molar refractivity (Wildman–Crippen MR) is 125 cm³/mol. The van der Waals surface area contributed by atoms with E-state index in [-0.39, 0.29) is 17.5 Å². The van der Waals surface area contributed by atoms with E-state index >= 15 is 0 Å². The fraction of sp³-hybridized carbons (Fsp3) is 0.423. The average Bonchev–Trinajstić information content (AvgIpc) is 3.58. The molecule has 34 heavy (non-hydrogen) atoms. The number of likely N-dealkylation sites (tertiary alicyclic amines) is 1. The Hall–Kier alpha value is -3.73. The van der Waals surface area contributed by atoms with Gasteiger partial charge in [0.05, 0.1) is 12.9 Å². The molecule has 0 atom stereocenters. The SMILES string of the molecule is N#Cc1nc(-c2ccco2)oc1N1CCC(C(=O)N2CCC(COc3ccccc3)CC2)CC1. The molecule has 0 aliphatic carbocycles. The maximum absolute atomic E-state index is 13.1. The molecule has 0 spiro atoms. The molecule has 2 saturated heterocycles. The van der Waals surface area contributed by atoms with Gasteiger partial charge in [-0.05, 0) is 55.9 Å². The standard InChI is InChI=1S/C26H28N4O4/c27-17-22-26(34-24(28-22)23-7-4-16-32-23)30-14-10-20(11-15-30)25(31)29-12-8-19(9-13-29)18-33-21-5-2-1-3-6-21/h1-7,16,19-20H,8-15,18H2. The highest BCUT2D eigenvalue weighted by Crippen LogP contribution is 2.32. The van der Waals surface area contributed by atoms with Crippen molar-refractivity contribution in [3.8, 4) is 23.5 Å². The number of carbonyl (C=O) groups excluding carboxylic acids is 1. The highest BCUT2D eigenvalue weighted by molar-refractivity contribution is 5.79. The maximum atomic E-state index is 13.1. The molecule has 3 aromatic rings. The third-order valence-electron chi connectivity index (χ3n) is 6.73. The van der Waals surface area contributed by atoms with E-state index in [1.54, 1.807) is 18.4 Å². The van der Waals surface area contributed by atoms with Gasteiger partial charge < -0.3 is 23.4 Å². The van der Waals surface area contributed by atoms with Crippen molar-refractivity contribution < 1.29 is 18.4 Å². The zero-order valence-electron chi connectivity index (χ0n) is 19.1. The Morgan fingerprint density at radius 2 is 1.82 bits per heavy atom. The highest BCUT2D eigenvalue weighted by Gasteiger charge is 2.33. The van der Waals surface area contributed by atoms with Crippen LogP contribution in [0.15, 0.2) is 57.6 Å². The fourth-order valence-electron chi connectivity index (χ4n) is 4.74. The molecule has 2 fully saturated rings. The molecular weight excluding hydrogens is 432 g/mol.